The zero-order valence-corrected chi connectivity index (χ0v) is 10.3. The highest BCUT2D eigenvalue weighted by atomic mass is 16.6. The average molecular weight is 249 g/mol. The van der Waals surface area contributed by atoms with E-state index in [2.05, 4.69) is 5.32 Å². The molecule has 6 nitrogen and oxygen atoms in total. The molecule has 0 radical (unpaired) electrons. The van der Waals surface area contributed by atoms with Crippen LogP contribution in [0.1, 0.15) is 18.1 Å². The van der Waals surface area contributed by atoms with Crippen LogP contribution in [-0.4, -0.2) is 17.4 Å². The predicted octanol–water partition coefficient (Wildman–Crippen LogP) is 1.63. The largest absolute Gasteiger partial charge is 0.393 e. The van der Waals surface area contributed by atoms with Gasteiger partial charge in [-0.15, -0.1) is 0 Å². The monoisotopic (exact) mass is 249 g/mol. The number of nitro groups is 1. The van der Waals surface area contributed by atoms with Gasteiger partial charge in [-0.05, 0) is 24.1 Å². The van der Waals surface area contributed by atoms with Gasteiger partial charge in [-0.2, -0.15) is 0 Å². The Morgan fingerprint density at radius 3 is 2.78 bits per heavy atom. The maximum atomic E-state index is 10.8. The molecule has 96 valence electrons. The molecule has 6 heteroatoms. The molecule has 18 heavy (non-hydrogen) atoms. The van der Waals surface area contributed by atoms with E-state index in [9.17, 15) is 14.9 Å². The number of nitro benzene ring substituents is 1. The number of nitrogen functional groups attached to an aromatic ring is 1. The maximum Gasteiger partial charge on any atom is 0.292 e. The first-order chi connectivity index (χ1) is 8.41. The average Bonchev–Trinajstić information content (AvgIpc) is 2.28. The predicted molar refractivity (Wildman–Crippen MR) is 70.0 cm³/mol. The summed E-state index contributed by atoms with van der Waals surface area (Å²) < 4.78 is 0. The van der Waals surface area contributed by atoms with E-state index in [4.69, 9.17) is 5.73 Å². The third-order valence-corrected chi connectivity index (χ3v) is 2.36. The van der Waals surface area contributed by atoms with Gasteiger partial charge in [-0.3, -0.25) is 14.9 Å². The highest BCUT2D eigenvalue weighted by molar-refractivity contribution is 5.73. The van der Waals surface area contributed by atoms with E-state index in [-0.39, 0.29) is 17.3 Å². The number of hydrogen-bond donors (Lipinski definition) is 2. The quantitative estimate of drug-likeness (QED) is 0.481. The molecule has 1 amide bonds. The van der Waals surface area contributed by atoms with Crippen molar-refractivity contribution in [3.8, 4) is 0 Å². The minimum Gasteiger partial charge on any atom is -0.393 e. The number of anilines is 1. The van der Waals surface area contributed by atoms with Crippen molar-refractivity contribution in [2.24, 2.45) is 0 Å². The Morgan fingerprint density at radius 2 is 2.22 bits per heavy atom. The number of amides is 1. The zero-order valence-electron chi connectivity index (χ0n) is 10.3. The smallest absolute Gasteiger partial charge is 0.292 e. The van der Waals surface area contributed by atoms with Crippen molar-refractivity contribution < 1.29 is 9.72 Å². The van der Waals surface area contributed by atoms with E-state index >= 15 is 0 Å². The number of benzene rings is 1. The Kier molecular flexibility index (Phi) is 4.42. The van der Waals surface area contributed by atoms with Gasteiger partial charge in [0.25, 0.3) is 5.69 Å². The molecule has 0 aliphatic heterocycles. The summed E-state index contributed by atoms with van der Waals surface area (Å²) in [4.78, 5) is 20.9. The van der Waals surface area contributed by atoms with Crippen LogP contribution in [0.5, 0.6) is 0 Å². The van der Waals surface area contributed by atoms with Crippen LogP contribution in [0, 0.1) is 17.0 Å². The number of nitrogens with one attached hydrogen (secondary N) is 1. The van der Waals surface area contributed by atoms with E-state index in [1.54, 1.807) is 25.1 Å². The standard InChI is InChI=1S/C12H15N3O3/c1-8-6-10(4-3-5-14-9(2)16)7-11(12(8)13)15(17)18/h3-4,6-7H,5,13H2,1-2H3,(H,14,16). The first-order valence-corrected chi connectivity index (χ1v) is 5.37. The summed E-state index contributed by atoms with van der Waals surface area (Å²) in [5.41, 5.74) is 7.04. The third kappa shape index (κ3) is 3.58. The zero-order chi connectivity index (χ0) is 13.7. The molecule has 0 aliphatic carbocycles. The SMILES string of the molecule is CC(=O)NCC=Cc1cc(C)c(N)c([N+](=O)[O-])c1. The van der Waals surface area contributed by atoms with E-state index < -0.39 is 4.92 Å². The van der Waals surface area contributed by atoms with E-state index in [1.807, 2.05) is 0 Å². The number of nitrogens with two attached hydrogens (primary N) is 1. The topological polar surface area (TPSA) is 98.3 Å². The summed E-state index contributed by atoms with van der Waals surface area (Å²) in [6, 6.07) is 3.17. The van der Waals surface area contributed by atoms with Gasteiger partial charge in [0.2, 0.25) is 5.91 Å². The number of aryl methyl sites for hydroxylation is 1. The van der Waals surface area contributed by atoms with Crippen molar-refractivity contribution in [3.63, 3.8) is 0 Å². The maximum absolute atomic E-state index is 10.8. The van der Waals surface area contributed by atoms with Crippen molar-refractivity contribution in [1.29, 1.82) is 0 Å². The van der Waals surface area contributed by atoms with Crippen molar-refractivity contribution in [3.05, 3.63) is 39.4 Å². The Hall–Kier alpha value is -2.37. The molecule has 3 N–H and O–H groups in total. The van der Waals surface area contributed by atoms with E-state index in [0.29, 0.717) is 17.7 Å². The first kappa shape index (κ1) is 13.7. The summed E-state index contributed by atoms with van der Waals surface area (Å²) >= 11 is 0. The molecule has 0 atom stereocenters. The van der Waals surface area contributed by atoms with Crippen LogP contribution in [0.3, 0.4) is 0 Å². The van der Waals surface area contributed by atoms with E-state index in [0.717, 1.165) is 0 Å². The van der Waals surface area contributed by atoms with Gasteiger partial charge in [0.15, 0.2) is 0 Å². The Morgan fingerprint density at radius 1 is 1.56 bits per heavy atom. The lowest BCUT2D eigenvalue weighted by Crippen LogP contribution is -2.19. The summed E-state index contributed by atoms with van der Waals surface area (Å²) in [6.45, 7) is 3.52. The van der Waals surface area contributed by atoms with Crippen molar-refractivity contribution in [2.75, 3.05) is 12.3 Å². The van der Waals surface area contributed by atoms with Crippen molar-refractivity contribution in [1.82, 2.24) is 5.32 Å². The van der Waals surface area contributed by atoms with E-state index in [1.165, 1.54) is 13.0 Å². The van der Waals surface area contributed by atoms with Crippen LogP contribution in [0.15, 0.2) is 18.2 Å². The molecule has 0 spiro atoms. The van der Waals surface area contributed by atoms with Gasteiger partial charge in [-0.25, -0.2) is 0 Å². The molecule has 0 heterocycles. The second kappa shape index (κ2) is 5.81. The fraction of sp³-hybridized carbons (Fsp3) is 0.250. The number of carbonyl (C=O) groups excluding carboxylic acids is 1. The summed E-state index contributed by atoms with van der Waals surface area (Å²) in [6.07, 6.45) is 3.42. The van der Waals surface area contributed by atoms with Crippen molar-refractivity contribution in [2.45, 2.75) is 13.8 Å². The molecule has 0 saturated heterocycles. The first-order valence-electron chi connectivity index (χ1n) is 5.37. The molecule has 0 aromatic heterocycles. The Balaban J connectivity index is 2.90. The van der Waals surface area contributed by atoms with Crippen LogP contribution in [0.25, 0.3) is 6.08 Å². The van der Waals surface area contributed by atoms with Gasteiger partial charge in [-0.1, -0.05) is 12.2 Å². The molecule has 1 aromatic carbocycles. The molecule has 1 rings (SSSR count). The molecular weight excluding hydrogens is 234 g/mol. The summed E-state index contributed by atoms with van der Waals surface area (Å²) in [5.74, 6) is -0.126. The second-order valence-electron chi connectivity index (χ2n) is 3.87. The van der Waals surface area contributed by atoms with Gasteiger partial charge in [0.05, 0.1) is 4.92 Å². The normalized spacial score (nSPS) is 10.6. The van der Waals surface area contributed by atoms with Gasteiger partial charge < -0.3 is 11.1 Å². The summed E-state index contributed by atoms with van der Waals surface area (Å²) in [5, 5.41) is 13.4. The van der Waals surface area contributed by atoms with Gasteiger partial charge in [0.1, 0.15) is 5.69 Å². The fourth-order valence-corrected chi connectivity index (χ4v) is 1.45. The molecule has 0 saturated carbocycles. The van der Waals surface area contributed by atoms with Crippen molar-refractivity contribution >= 4 is 23.4 Å². The lowest BCUT2D eigenvalue weighted by molar-refractivity contribution is -0.383. The minimum atomic E-state index is -0.506. The third-order valence-electron chi connectivity index (χ3n) is 2.36. The molecule has 0 bridgehead atoms. The Labute approximate surface area is 105 Å². The minimum absolute atomic E-state index is 0.103. The molecule has 0 fully saturated rings. The summed E-state index contributed by atoms with van der Waals surface area (Å²) in [7, 11) is 0. The fourth-order valence-electron chi connectivity index (χ4n) is 1.45. The number of carbonyl (C=O) groups is 1. The van der Waals surface area contributed by atoms with Crippen LogP contribution >= 0.6 is 0 Å². The van der Waals surface area contributed by atoms with Gasteiger partial charge in [0, 0.05) is 19.5 Å². The van der Waals surface area contributed by atoms with Crippen LogP contribution in [0.4, 0.5) is 11.4 Å². The van der Waals surface area contributed by atoms with Crippen LogP contribution in [-0.2, 0) is 4.79 Å². The molecular formula is C12H15N3O3. The molecule has 0 unspecified atom stereocenters. The number of rotatable bonds is 4. The highest BCUT2D eigenvalue weighted by Crippen LogP contribution is 2.27. The molecule has 1 aromatic rings. The van der Waals surface area contributed by atoms with Crippen LogP contribution < -0.4 is 11.1 Å². The second-order valence-corrected chi connectivity index (χ2v) is 3.87. The lowest BCUT2D eigenvalue weighted by Gasteiger charge is -2.03. The van der Waals surface area contributed by atoms with Gasteiger partial charge >= 0.3 is 0 Å². The Bertz CT molecular complexity index is 510. The van der Waals surface area contributed by atoms with Crippen LogP contribution in [0.2, 0.25) is 0 Å². The number of hydrogen-bond acceptors (Lipinski definition) is 4. The highest BCUT2D eigenvalue weighted by Gasteiger charge is 2.13. The number of nitrogens with zero attached hydrogens (tertiary/aromatic N) is 1. The lowest BCUT2D eigenvalue weighted by atomic mass is 10.1. The molecule has 0 aliphatic rings.